The van der Waals surface area contributed by atoms with Gasteiger partial charge < -0.3 is 20.1 Å². The fourth-order valence-electron chi connectivity index (χ4n) is 2.88. The van der Waals surface area contributed by atoms with Crippen LogP contribution >= 0.6 is 0 Å². The lowest BCUT2D eigenvalue weighted by Gasteiger charge is -2.30. The molecule has 0 unspecified atom stereocenters. The highest BCUT2D eigenvalue weighted by molar-refractivity contribution is 5.87. The first kappa shape index (κ1) is 19.9. The molecule has 0 bridgehead atoms. The molecule has 26 heavy (non-hydrogen) atoms. The van der Waals surface area contributed by atoms with Gasteiger partial charge in [-0.05, 0) is 59.4 Å². The number of methoxy groups -OCH3 is 1. The Morgan fingerprint density at radius 3 is 2.31 bits per heavy atom. The van der Waals surface area contributed by atoms with Crippen molar-refractivity contribution in [2.45, 2.75) is 71.1 Å². The number of hydrogen-bond acceptors (Lipinski definition) is 7. The monoisotopic (exact) mass is 364 g/mol. The van der Waals surface area contributed by atoms with E-state index in [9.17, 15) is 9.59 Å². The highest BCUT2D eigenvalue weighted by Gasteiger charge is 2.25. The first-order valence-electron chi connectivity index (χ1n) is 8.86. The number of anilines is 1. The van der Waals surface area contributed by atoms with Gasteiger partial charge in [0.1, 0.15) is 5.60 Å². The molecular formula is C18H28N4O4. The zero-order chi connectivity index (χ0) is 19.3. The predicted molar refractivity (Wildman–Crippen MR) is 97.1 cm³/mol. The number of alkyl carbamates (subject to hydrolysis) is 1. The van der Waals surface area contributed by atoms with Crippen molar-refractivity contribution in [1.29, 1.82) is 0 Å². The van der Waals surface area contributed by atoms with Gasteiger partial charge in [-0.2, -0.15) is 0 Å². The van der Waals surface area contributed by atoms with Gasteiger partial charge in [-0.1, -0.05) is 0 Å². The molecule has 1 aromatic rings. The molecular weight excluding hydrogens is 336 g/mol. The smallest absolute Gasteiger partial charge is 0.407 e. The summed E-state index contributed by atoms with van der Waals surface area (Å²) in [6.45, 7) is 7.34. The van der Waals surface area contributed by atoms with Crippen LogP contribution in [0.5, 0.6) is 0 Å². The van der Waals surface area contributed by atoms with Crippen LogP contribution in [0.4, 0.5) is 10.7 Å². The quantitative estimate of drug-likeness (QED) is 0.792. The third kappa shape index (κ3) is 6.16. The minimum absolute atomic E-state index is 0.104. The van der Waals surface area contributed by atoms with Crippen molar-refractivity contribution in [1.82, 2.24) is 15.3 Å². The van der Waals surface area contributed by atoms with Crippen LogP contribution < -0.4 is 10.6 Å². The molecule has 0 radical (unpaired) electrons. The van der Waals surface area contributed by atoms with Crippen LogP contribution in [0, 0.1) is 6.92 Å². The average molecular weight is 364 g/mol. The molecule has 1 aliphatic rings. The van der Waals surface area contributed by atoms with E-state index in [2.05, 4.69) is 20.6 Å². The van der Waals surface area contributed by atoms with Crippen molar-refractivity contribution in [3.8, 4) is 0 Å². The molecule has 0 aromatic carbocycles. The number of esters is 1. The second-order valence-electron chi connectivity index (χ2n) is 7.55. The molecule has 8 heteroatoms. The van der Waals surface area contributed by atoms with Gasteiger partial charge in [0.15, 0.2) is 5.69 Å². The van der Waals surface area contributed by atoms with Gasteiger partial charge in [-0.3, -0.25) is 0 Å². The molecule has 0 saturated heterocycles. The number of nitrogens with one attached hydrogen (secondary N) is 2. The minimum Gasteiger partial charge on any atom is -0.464 e. The van der Waals surface area contributed by atoms with Crippen molar-refractivity contribution in [3.05, 3.63) is 17.5 Å². The zero-order valence-electron chi connectivity index (χ0n) is 16.1. The third-order valence-electron chi connectivity index (χ3n) is 4.03. The summed E-state index contributed by atoms with van der Waals surface area (Å²) in [7, 11) is 1.33. The highest BCUT2D eigenvalue weighted by atomic mass is 16.6. The molecule has 2 N–H and O–H groups in total. The van der Waals surface area contributed by atoms with Gasteiger partial charge in [0.05, 0.1) is 7.11 Å². The summed E-state index contributed by atoms with van der Waals surface area (Å²) < 4.78 is 10.0. The molecule has 0 spiro atoms. The first-order chi connectivity index (χ1) is 12.2. The number of aryl methyl sites for hydroxylation is 1. The molecule has 1 aromatic heterocycles. The van der Waals surface area contributed by atoms with Crippen molar-refractivity contribution in [2.24, 2.45) is 0 Å². The number of rotatable bonds is 4. The Morgan fingerprint density at radius 1 is 1.12 bits per heavy atom. The van der Waals surface area contributed by atoms with Gasteiger partial charge in [0.2, 0.25) is 5.95 Å². The number of amides is 1. The average Bonchev–Trinajstić information content (AvgIpc) is 2.53. The number of ether oxygens (including phenoxy) is 2. The van der Waals surface area contributed by atoms with Crippen LogP contribution in [0.1, 0.15) is 62.6 Å². The third-order valence-corrected chi connectivity index (χ3v) is 4.03. The maximum absolute atomic E-state index is 11.9. The van der Waals surface area contributed by atoms with Crippen LogP contribution in [0.25, 0.3) is 0 Å². The van der Waals surface area contributed by atoms with E-state index in [-0.39, 0.29) is 23.9 Å². The Balaban J connectivity index is 1.86. The Hall–Kier alpha value is -2.38. The van der Waals surface area contributed by atoms with E-state index in [1.165, 1.54) is 7.11 Å². The normalized spacial score (nSPS) is 20.2. The van der Waals surface area contributed by atoms with Crippen LogP contribution in [0.3, 0.4) is 0 Å². The van der Waals surface area contributed by atoms with Crippen LogP contribution in [0.15, 0.2) is 6.07 Å². The van der Waals surface area contributed by atoms with Crippen molar-refractivity contribution >= 4 is 18.0 Å². The zero-order valence-corrected chi connectivity index (χ0v) is 16.1. The Morgan fingerprint density at radius 2 is 1.73 bits per heavy atom. The van der Waals surface area contributed by atoms with Gasteiger partial charge in [-0.25, -0.2) is 19.6 Å². The summed E-state index contributed by atoms with van der Waals surface area (Å²) in [5, 5.41) is 6.20. The maximum Gasteiger partial charge on any atom is 0.407 e. The van der Waals surface area contributed by atoms with Crippen LogP contribution in [-0.2, 0) is 9.47 Å². The Bertz CT molecular complexity index is 649. The van der Waals surface area contributed by atoms with Gasteiger partial charge in [0, 0.05) is 17.8 Å². The molecule has 2 rings (SSSR count). The fourth-order valence-corrected chi connectivity index (χ4v) is 2.88. The number of hydrogen-bond donors (Lipinski definition) is 2. The summed E-state index contributed by atoms with van der Waals surface area (Å²) >= 11 is 0. The number of carbonyl (C=O) groups is 2. The lowest BCUT2D eigenvalue weighted by atomic mass is 9.91. The lowest BCUT2D eigenvalue weighted by Crippen LogP contribution is -2.42. The largest absolute Gasteiger partial charge is 0.464 e. The molecule has 1 fully saturated rings. The molecule has 8 nitrogen and oxygen atoms in total. The number of carbonyl (C=O) groups excluding carboxylic acids is 2. The van der Waals surface area contributed by atoms with E-state index in [4.69, 9.17) is 9.47 Å². The molecule has 1 saturated carbocycles. The maximum atomic E-state index is 11.9. The molecule has 1 aliphatic carbocycles. The summed E-state index contributed by atoms with van der Waals surface area (Å²) in [5.74, 6) is -0.0576. The van der Waals surface area contributed by atoms with Crippen molar-refractivity contribution < 1.29 is 19.1 Å². The van der Waals surface area contributed by atoms with E-state index in [1.54, 1.807) is 13.0 Å². The number of aromatic nitrogens is 2. The Labute approximate surface area is 154 Å². The second-order valence-corrected chi connectivity index (χ2v) is 7.55. The van der Waals surface area contributed by atoms with E-state index in [0.717, 1.165) is 25.7 Å². The van der Waals surface area contributed by atoms with E-state index < -0.39 is 11.6 Å². The lowest BCUT2D eigenvalue weighted by molar-refractivity contribution is 0.0491. The van der Waals surface area contributed by atoms with E-state index in [0.29, 0.717) is 11.6 Å². The van der Waals surface area contributed by atoms with Gasteiger partial charge >= 0.3 is 12.1 Å². The summed E-state index contributed by atoms with van der Waals surface area (Å²) in [4.78, 5) is 32.1. The highest BCUT2D eigenvalue weighted by Crippen LogP contribution is 2.22. The molecule has 1 heterocycles. The van der Waals surface area contributed by atoms with Gasteiger partial charge in [0.25, 0.3) is 0 Å². The SMILES string of the molecule is COC(=O)c1cc(C)nc(NC2CCC(NC(=O)OC(C)(C)C)CC2)n1. The van der Waals surface area contributed by atoms with E-state index >= 15 is 0 Å². The fraction of sp³-hybridized carbons (Fsp3) is 0.667. The number of nitrogens with zero attached hydrogens (tertiary/aromatic N) is 2. The first-order valence-corrected chi connectivity index (χ1v) is 8.86. The van der Waals surface area contributed by atoms with E-state index in [1.807, 2.05) is 20.8 Å². The van der Waals surface area contributed by atoms with Crippen molar-refractivity contribution in [3.63, 3.8) is 0 Å². The standard InChI is InChI=1S/C18H28N4O4/c1-11-10-14(15(23)25-5)22-16(19-11)20-12-6-8-13(9-7-12)21-17(24)26-18(2,3)4/h10,12-13H,6-9H2,1-5H3,(H,21,24)(H,19,20,22). The Kier molecular flexibility index (Phi) is 6.39. The predicted octanol–water partition coefficient (Wildman–Crippen LogP) is 2.82. The molecule has 1 amide bonds. The molecule has 144 valence electrons. The topological polar surface area (TPSA) is 102 Å². The second kappa shape index (κ2) is 8.33. The molecule has 0 aliphatic heterocycles. The molecule has 0 atom stereocenters. The summed E-state index contributed by atoms with van der Waals surface area (Å²) in [5.41, 5.74) is 0.439. The summed E-state index contributed by atoms with van der Waals surface area (Å²) in [6.07, 6.45) is 3.04. The van der Waals surface area contributed by atoms with Crippen LogP contribution in [-0.4, -0.2) is 46.8 Å². The van der Waals surface area contributed by atoms with Crippen LogP contribution in [0.2, 0.25) is 0 Å². The van der Waals surface area contributed by atoms with Gasteiger partial charge in [-0.15, -0.1) is 0 Å². The summed E-state index contributed by atoms with van der Waals surface area (Å²) in [6, 6.07) is 1.89. The van der Waals surface area contributed by atoms with Crippen molar-refractivity contribution in [2.75, 3.05) is 12.4 Å². The minimum atomic E-state index is -0.497.